The minimum absolute atomic E-state index is 0.220. The normalized spacial score (nSPS) is 12.7. The van der Waals surface area contributed by atoms with Crippen LogP contribution in [0.25, 0.3) is 0 Å². The monoisotopic (exact) mass is 194 g/mol. The van der Waals surface area contributed by atoms with E-state index in [0.717, 1.165) is 25.0 Å². The molecule has 0 saturated heterocycles. The number of unbranched alkanes of at least 4 members (excludes halogenated alkanes) is 1. The first-order valence-electron chi connectivity index (χ1n) is 5.07. The highest BCUT2D eigenvalue weighted by atomic mass is 16.7. The van der Waals surface area contributed by atoms with Gasteiger partial charge in [0, 0.05) is 12.7 Å². The molecular weight excluding hydrogens is 176 g/mol. The van der Waals surface area contributed by atoms with E-state index in [1.165, 1.54) is 0 Å². The molecule has 2 heteroatoms. The summed E-state index contributed by atoms with van der Waals surface area (Å²) in [5.41, 5.74) is 1.08. The Morgan fingerprint density at radius 2 is 1.93 bits per heavy atom. The summed E-state index contributed by atoms with van der Waals surface area (Å²) in [5, 5.41) is 0. The summed E-state index contributed by atoms with van der Waals surface area (Å²) in [7, 11) is 1.67. The second-order valence-electron chi connectivity index (χ2n) is 3.20. The van der Waals surface area contributed by atoms with E-state index >= 15 is 0 Å². The van der Waals surface area contributed by atoms with Crippen molar-refractivity contribution in [2.45, 2.75) is 26.1 Å². The molecule has 78 valence electrons. The van der Waals surface area contributed by atoms with E-state index in [4.69, 9.17) is 9.47 Å². The average molecular weight is 194 g/mol. The van der Waals surface area contributed by atoms with Crippen LogP contribution in [-0.2, 0) is 9.47 Å². The molecule has 14 heavy (non-hydrogen) atoms. The smallest absolute Gasteiger partial charge is 0.183 e. The predicted octanol–water partition coefficient (Wildman–Crippen LogP) is 3.15. The highest BCUT2D eigenvalue weighted by Crippen LogP contribution is 2.17. The van der Waals surface area contributed by atoms with Crippen LogP contribution in [0.5, 0.6) is 0 Å². The van der Waals surface area contributed by atoms with Crippen molar-refractivity contribution in [2.24, 2.45) is 0 Å². The summed E-state index contributed by atoms with van der Waals surface area (Å²) in [5.74, 6) is 0. The van der Waals surface area contributed by atoms with Crippen LogP contribution in [-0.4, -0.2) is 13.7 Å². The van der Waals surface area contributed by atoms with Crippen LogP contribution in [0.2, 0.25) is 0 Å². The first-order chi connectivity index (χ1) is 6.88. The predicted molar refractivity (Wildman–Crippen MR) is 57.1 cm³/mol. The lowest BCUT2D eigenvalue weighted by Crippen LogP contribution is -2.07. The van der Waals surface area contributed by atoms with Gasteiger partial charge in [0.05, 0.1) is 6.61 Å². The highest BCUT2D eigenvalue weighted by molar-refractivity contribution is 5.15. The molecule has 0 aliphatic heterocycles. The number of hydrogen-bond donors (Lipinski definition) is 0. The van der Waals surface area contributed by atoms with E-state index in [9.17, 15) is 0 Å². The third-order valence-corrected chi connectivity index (χ3v) is 2.05. The Morgan fingerprint density at radius 1 is 1.21 bits per heavy atom. The van der Waals surface area contributed by atoms with Crippen molar-refractivity contribution in [3.63, 3.8) is 0 Å². The van der Waals surface area contributed by atoms with Crippen LogP contribution in [0.4, 0.5) is 0 Å². The van der Waals surface area contributed by atoms with Crippen molar-refractivity contribution < 1.29 is 9.47 Å². The molecule has 0 amide bonds. The maximum absolute atomic E-state index is 5.60. The van der Waals surface area contributed by atoms with E-state index in [2.05, 4.69) is 6.92 Å². The van der Waals surface area contributed by atoms with Gasteiger partial charge in [0.15, 0.2) is 6.29 Å². The summed E-state index contributed by atoms with van der Waals surface area (Å²) in [6.45, 7) is 2.90. The minimum atomic E-state index is -0.220. The fourth-order valence-corrected chi connectivity index (χ4v) is 1.25. The van der Waals surface area contributed by atoms with E-state index in [-0.39, 0.29) is 6.29 Å². The van der Waals surface area contributed by atoms with Gasteiger partial charge in [-0.05, 0) is 6.42 Å². The Morgan fingerprint density at radius 3 is 2.50 bits per heavy atom. The second-order valence-corrected chi connectivity index (χ2v) is 3.20. The fourth-order valence-electron chi connectivity index (χ4n) is 1.25. The van der Waals surface area contributed by atoms with Crippen molar-refractivity contribution in [3.05, 3.63) is 35.9 Å². The molecule has 1 atom stereocenters. The van der Waals surface area contributed by atoms with Gasteiger partial charge in [-0.2, -0.15) is 0 Å². The molecule has 1 rings (SSSR count). The first-order valence-corrected chi connectivity index (χ1v) is 5.07. The van der Waals surface area contributed by atoms with Crippen LogP contribution in [0.15, 0.2) is 30.3 Å². The Labute approximate surface area is 85.8 Å². The van der Waals surface area contributed by atoms with Gasteiger partial charge >= 0.3 is 0 Å². The van der Waals surface area contributed by atoms with Crippen molar-refractivity contribution >= 4 is 0 Å². The minimum Gasteiger partial charge on any atom is -0.352 e. The summed E-state index contributed by atoms with van der Waals surface area (Å²) in [4.78, 5) is 0. The lowest BCUT2D eigenvalue weighted by Gasteiger charge is -2.16. The Kier molecular flexibility index (Phi) is 5.27. The second kappa shape index (κ2) is 6.57. The van der Waals surface area contributed by atoms with Gasteiger partial charge in [-0.25, -0.2) is 0 Å². The van der Waals surface area contributed by atoms with Crippen LogP contribution < -0.4 is 0 Å². The first kappa shape index (κ1) is 11.2. The molecule has 1 aromatic carbocycles. The molecule has 0 saturated carbocycles. The Hall–Kier alpha value is -0.860. The van der Waals surface area contributed by atoms with E-state index in [1.807, 2.05) is 30.3 Å². The maximum atomic E-state index is 5.60. The number of hydrogen-bond acceptors (Lipinski definition) is 2. The van der Waals surface area contributed by atoms with E-state index < -0.39 is 0 Å². The summed E-state index contributed by atoms with van der Waals surface area (Å²) >= 11 is 0. The topological polar surface area (TPSA) is 18.5 Å². The number of rotatable bonds is 6. The summed E-state index contributed by atoms with van der Waals surface area (Å²) in [6.07, 6.45) is 2.00. The van der Waals surface area contributed by atoms with E-state index in [0.29, 0.717) is 0 Å². The molecule has 0 aliphatic rings. The zero-order valence-electron chi connectivity index (χ0n) is 8.90. The third kappa shape index (κ3) is 3.48. The zero-order valence-corrected chi connectivity index (χ0v) is 8.90. The van der Waals surface area contributed by atoms with Gasteiger partial charge in [0.1, 0.15) is 0 Å². The zero-order chi connectivity index (χ0) is 10.2. The van der Waals surface area contributed by atoms with Crippen molar-refractivity contribution in [2.75, 3.05) is 13.7 Å². The molecule has 0 bridgehead atoms. The van der Waals surface area contributed by atoms with Crippen LogP contribution in [0, 0.1) is 0 Å². The Balaban J connectivity index is 2.46. The van der Waals surface area contributed by atoms with Crippen LogP contribution in [0.1, 0.15) is 31.6 Å². The van der Waals surface area contributed by atoms with E-state index in [1.54, 1.807) is 7.11 Å². The maximum Gasteiger partial charge on any atom is 0.183 e. The van der Waals surface area contributed by atoms with Crippen molar-refractivity contribution in [3.8, 4) is 0 Å². The van der Waals surface area contributed by atoms with Crippen LogP contribution >= 0.6 is 0 Å². The summed E-state index contributed by atoms with van der Waals surface area (Å²) in [6, 6.07) is 10.00. The largest absolute Gasteiger partial charge is 0.352 e. The quantitative estimate of drug-likeness (QED) is 0.511. The van der Waals surface area contributed by atoms with Crippen molar-refractivity contribution in [1.29, 1.82) is 0 Å². The van der Waals surface area contributed by atoms with Gasteiger partial charge in [0.2, 0.25) is 0 Å². The molecule has 0 heterocycles. The highest BCUT2D eigenvalue weighted by Gasteiger charge is 2.08. The molecular formula is C12H18O2. The van der Waals surface area contributed by atoms with Gasteiger partial charge < -0.3 is 9.47 Å². The summed E-state index contributed by atoms with van der Waals surface area (Å²) < 4.78 is 10.9. The van der Waals surface area contributed by atoms with Gasteiger partial charge in [-0.3, -0.25) is 0 Å². The Bertz CT molecular complexity index is 233. The fraction of sp³-hybridized carbons (Fsp3) is 0.500. The molecule has 2 nitrogen and oxygen atoms in total. The van der Waals surface area contributed by atoms with Crippen LogP contribution in [0.3, 0.4) is 0 Å². The SMILES string of the molecule is CCCCOC(OC)c1ccccc1. The van der Waals surface area contributed by atoms with Gasteiger partial charge in [0.25, 0.3) is 0 Å². The van der Waals surface area contributed by atoms with Crippen molar-refractivity contribution in [1.82, 2.24) is 0 Å². The van der Waals surface area contributed by atoms with Gasteiger partial charge in [-0.1, -0.05) is 43.7 Å². The molecule has 1 unspecified atom stereocenters. The number of methoxy groups -OCH3 is 1. The number of ether oxygens (including phenoxy) is 2. The molecule has 0 spiro atoms. The number of benzene rings is 1. The molecule has 0 N–H and O–H groups in total. The molecule has 0 aromatic heterocycles. The lowest BCUT2D eigenvalue weighted by molar-refractivity contribution is -0.128. The molecule has 0 aliphatic carbocycles. The third-order valence-electron chi connectivity index (χ3n) is 2.05. The standard InChI is InChI=1S/C12H18O2/c1-3-4-10-14-12(13-2)11-8-6-5-7-9-11/h5-9,12H,3-4,10H2,1-2H3. The molecule has 0 radical (unpaired) electrons. The average Bonchev–Trinajstić information content (AvgIpc) is 2.26. The molecule has 0 fully saturated rings. The molecule has 1 aromatic rings. The lowest BCUT2D eigenvalue weighted by atomic mass is 10.2. The van der Waals surface area contributed by atoms with Gasteiger partial charge in [-0.15, -0.1) is 0 Å².